The lowest BCUT2D eigenvalue weighted by Gasteiger charge is -2.29. The van der Waals surface area contributed by atoms with Gasteiger partial charge in [-0.3, -0.25) is 24.0 Å². The predicted octanol–water partition coefficient (Wildman–Crippen LogP) is 2.18. The maximum atomic E-state index is 12.1. The summed E-state index contributed by atoms with van der Waals surface area (Å²) in [5, 5.41) is 20.6. The number of carbonyl (C=O) groups is 3. The monoisotopic (exact) mass is 478 g/mol. The summed E-state index contributed by atoms with van der Waals surface area (Å²) in [5.74, 6) is -1.71. The number of piperidine rings is 1. The van der Waals surface area contributed by atoms with Gasteiger partial charge in [0.25, 0.3) is 0 Å². The Morgan fingerprint density at radius 1 is 1.18 bits per heavy atom. The number of aromatic nitrogens is 3. The number of nitrogens with zero attached hydrogens (tertiary/aromatic N) is 4. The Bertz CT molecular complexity index is 796. The molecule has 2 rings (SSSR count). The van der Waals surface area contributed by atoms with E-state index in [0.29, 0.717) is 12.8 Å². The van der Waals surface area contributed by atoms with Crippen LogP contribution in [0.3, 0.4) is 0 Å². The molecule has 1 aliphatic rings. The third-order valence-corrected chi connectivity index (χ3v) is 6.26. The van der Waals surface area contributed by atoms with Crippen molar-refractivity contribution in [3.05, 3.63) is 11.9 Å². The number of rotatable bonds is 14. The number of primary amides is 1. The first kappa shape index (κ1) is 27.8. The lowest BCUT2D eigenvalue weighted by Crippen LogP contribution is -2.38. The molecule has 192 valence electrons. The molecular formula is C24H42N6O4. The highest BCUT2D eigenvalue weighted by Gasteiger charge is 2.25. The van der Waals surface area contributed by atoms with E-state index >= 15 is 0 Å². The zero-order valence-corrected chi connectivity index (χ0v) is 21.0. The van der Waals surface area contributed by atoms with Crippen LogP contribution in [0.15, 0.2) is 6.20 Å². The number of nitrogens with two attached hydrogens (primary N) is 1. The Kier molecular flexibility index (Phi) is 10.9. The second-order valence-corrected chi connectivity index (χ2v) is 10.7. The second kappa shape index (κ2) is 13.4. The molecule has 0 bridgehead atoms. The molecule has 1 fully saturated rings. The number of hydrogen-bond acceptors (Lipinski definition) is 6. The molecule has 0 spiro atoms. The van der Waals surface area contributed by atoms with Crippen molar-refractivity contribution in [3.8, 4) is 0 Å². The molecule has 1 aromatic rings. The first-order chi connectivity index (χ1) is 16.0. The fraction of sp³-hybridized carbons (Fsp3) is 0.792. The van der Waals surface area contributed by atoms with E-state index in [2.05, 4.69) is 20.5 Å². The molecule has 2 heterocycles. The first-order valence-corrected chi connectivity index (χ1v) is 12.4. The third kappa shape index (κ3) is 10.6. The quantitative estimate of drug-likeness (QED) is 0.348. The summed E-state index contributed by atoms with van der Waals surface area (Å²) in [6.07, 6.45) is 8.20. The highest BCUT2D eigenvalue weighted by molar-refractivity contribution is 5.77. The lowest BCUT2D eigenvalue weighted by atomic mass is 9.84. The summed E-state index contributed by atoms with van der Waals surface area (Å²) in [5.41, 5.74) is 6.23. The molecule has 10 nitrogen and oxygen atoms in total. The number of likely N-dealkylation sites (tertiary alicyclic amines) is 1. The van der Waals surface area contributed by atoms with Crippen LogP contribution in [0.5, 0.6) is 0 Å². The number of hydrogen-bond donors (Lipinski definition) is 3. The summed E-state index contributed by atoms with van der Waals surface area (Å²) in [7, 11) is 0. The van der Waals surface area contributed by atoms with Crippen LogP contribution < -0.4 is 11.1 Å². The minimum atomic E-state index is -0.862. The average molecular weight is 479 g/mol. The van der Waals surface area contributed by atoms with Crippen molar-refractivity contribution in [2.24, 2.45) is 23.0 Å². The van der Waals surface area contributed by atoms with E-state index < -0.39 is 11.9 Å². The van der Waals surface area contributed by atoms with Gasteiger partial charge in [-0.15, -0.1) is 5.10 Å². The van der Waals surface area contributed by atoms with Crippen molar-refractivity contribution in [1.29, 1.82) is 0 Å². The molecule has 0 saturated carbocycles. The Balaban J connectivity index is 1.55. The third-order valence-electron chi connectivity index (χ3n) is 6.26. The number of aliphatic carboxylic acids is 1. The Morgan fingerprint density at radius 2 is 1.85 bits per heavy atom. The zero-order valence-electron chi connectivity index (χ0n) is 21.0. The molecule has 0 aliphatic carbocycles. The zero-order chi connectivity index (χ0) is 25.1. The first-order valence-electron chi connectivity index (χ1n) is 12.4. The molecule has 4 N–H and O–H groups in total. The SMILES string of the molecule is CC(C)(C)CC(CNC(=O)CCCCCCn1cc(CN2CCC(C(N)=O)CC2)nn1)C(=O)O. The lowest BCUT2D eigenvalue weighted by molar-refractivity contribution is -0.142. The number of carboxylic acid groups (broad SMARTS) is 1. The fourth-order valence-electron chi connectivity index (χ4n) is 4.35. The second-order valence-electron chi connectivity index (χ2n) is 10.7. The molecule has 0 aromatic carbocycles. The van der Waals surface area contributed by atoms with Gasteiger partial charge in [0, 0.05) is 38.2 Å². The molecular weight excluding hydrogens is 436 g/mol. The fourth-order valence-corrected chi connectivity index (χ4v) is 4.35. The van der Waals surface area contributed by atoms with Gasteiger partial charge in [-0.25, -0.2) is 0 Å². The van der Waals surface area contributed by atoms with Crippen LogP contribution in [-0.2, 0) is 27.5 Å². The van der Waals surface area contributed by atoms with Crippen LogP contribution in [-0.4, -0.2) is 62.4 Å². The number of amides is 2. The predicted molar refractivity (Wildman–Crippen MR) is 129 cm³/mol. The van der Waals surface area contributed by atoms with Crippen molar-refractivity contribution < 1.29 is 19.5 Å². The molecule has 1 atom stereocenters. The normalized spacial score (nSPS) is 16.3. The highest BCUT2D eigenvalue weighted by atomic mass is 16.4. The molecule has 0 radical (unpaired) electrons. The number of nitrogens with one attached hydrogen (secondary N) is 1. The van der Waals surface area contributed by atoms with E-state index in [-0.39, 0.29) is 29.7 Å². The molecule has 10 heteroatoms. The number of carbonyl (C=O) groups excluding carboxylic acids is 2. The van der Waals surface area contributed by atoms with Gasteiger partial charge in [-0.2, -0.15) is 0 Å². The van der Waals surface area contributed by atoms with Crippen molar-refractivity contribution in [2.45, 2.75) is 85.2 Å². The molecule has 34 heavy (non-hydrogen) atoms. The standard InChI is InChI=1S/C24H42N6O4/c1-24(2,3)14-19(23(33)34)15-26-21(31)8-6-4-5-7-11-30-17-20(27-28-30)16-29-12-9-18(10-13-29)22(25)32/h17-19H,4-16H2,1-3H3,(H2,25,32)(H,26,31)(H,33,34). The Hall–Kier alpha value is -2.49. The van der Waals surface area contributed by atoms with Gasteiger partial charge in [0.15, 0.2) is 0 Å². The summed E-state index contributed by atoms with van der Waals surface area (Å²) in [4.78, 5) is 37.0. The van der Waals surface area contributed by atoms with E-state index in [0.717, 1.165) is 70.4 Å². The number of carboxylic acids is 1. The van der Waals surface area contributed by atoms with Gasteiger partial charge in [0.05, 0.1) is 11.6 Å². The van der Waals surface area contributed by atoms with Crippen LogP contribution in [0.1, 0.15) is 77.8 Å². The molecule has 1 aromatic heterocycles. The van der Waals surface area contributed by atoms with Gasteiger partial charge < -0.3 is 16.2 Å². The maximum Gasteiger partial charge on any atom is 0.308 e. The highest BCUT2D eigenvalue weighted by Crippen LogP contribution is 2.24. The van der Waals surface area contributed by atoms with E-state index in [4.69, 9.17) is 5.73 Å². The topological polar surface area (TPSA) is 143 Å². The van der Waals surface area contributed by atoms with E-state index in [1.807, 2.05) is 31.6 Å². The molecule has 1 saturated heterocycles. The van der Waals surface area contributed by atoms with Gasteiger partial charge in [0.1, 0.15) is 0 Å². The minimum Gasteiger partial charge on any atom is -0.481 e. The van der Waals surface area contributed by atoms with Gasteiger partial charge in [-0.1, -0.05) is 38.8 Å². The molecule has 1 aliphatic heterocycles. The largest absolute Gasteiger partial charge is 0.481 e. The van der Waals surface area contributed by atoms with E-state index in [9.17, 15) is 19.5 Å². The Labute approximate surface area is 202 Å². The average Bonchev–Trinajstić information content (AvgIpc) is 3.20. The summed E-state index contributed by atoms with van der Waals surface area (Å²) < 4.78 is 1.86. The smallest absolute Gasteiger partial charge is 0.308 e. The summed E-state index contributed by atoms with van der Waals surface area (Å²) >= 11 is 0. The van der Waals surface area contributed by atoms with Crippen molar-refractivity contribution >= 4 is 17.8 Å². The number of unbranched alkanes of at least 4 members (excludes halogenated alkanes) is 3. The summed E-state index contributed by atoms with van der Waals surface area (Å²) in [6.45, 7) is 9.41. The van der Waals surface area contributed by atoms with Crippen molar-refractivity contribution in [2.75, 3.05) is 19.6 Å². The van der Waals surface area contributed by atoms with E-state index in [1.165, 1.54) is 0 Å². The molecule has 2 amide bonds. The van der Waals surface area contributed by atoms with Crippen LogP contribution in [0.25, 0.3) is 0 Å². The van der Waals surface area contributed by atoms with Crippen LogP contribution in [0.4, 0.5) is 0 Å². The molecule has 1 unspecified atom stereocenters. The van der Waals surface area contributed by atoms with Gasteiger partial charge in [0.2, 0.25) is 11.8 Å². The van der Waals surface area contributed by atoms with E-state index in [1.54, 1.807) is 0 Å². The van der Waals surface area contributed by atoms with Gasteiger partial charge >= 0.3 is 5.97 Å². The summed E-state index contributed by atoms with van der Waals surface area (Å²) in [6, 6.07) is 0. The maximum absolute atomic E-state index is 12.1. The van der Waals surface area contributed by atoms with Crippen LogP contribution in [0, 0.1) is 17.3 Å². The minimum absolute atomic E-state index is 0.00636. The van der Waals surface area contributed by atoms with Crippen molar-refractivity contribution in [3.63, 3.8) is 0 Å². The number of aryl methyl sites for hydroxylation is 1. The van der Waals surface area contributed by atoms with Crippen LogP contribution >= 0.6 is 0 Å². The van der Waals surface area contributed by atoms with Gasteiger partial charge in [-0.05, 0) is 50.6 Å². The van der Waals surface area contributed by atoms with Crippen molar-refractivity contribution in [1.82, 2.24) is 25.2 Å². The van der Waals surface area contributed by atoms with Crippen LogP contribution in [0.2, 0.25) is 0 Å². The Morgan fingerprint density at radius 3 is 2.47 bits per heavy atom.